The number of hydrogen-bond donors (Lipinski definition) is 2. The van der Waals surface area contributed by atoms with Gasteiger partial charge in [-0.25, -0.2) is 9.18 Å². The van der Waals surface area contributed by atoms with Gasteiger partial charge in [0.2, 0.25) is 0 Å². The van der Waals surface area contributed by atoms with Crippen LogP contribution in [0.2, 0.25) is 0 Å². The number of aliphatic carboxylic acids is 1. The first-order chi connectivity index (χ1) is 9.97. The number of carboxylic acids is 1. The number of halogens is 1. The zero-order valence-corrected chi connectivity index (χ0v) is 11.5. The number of carboxylic acid groups (broad SMARTS) is 1. The Kier molecular flexibility index (Phi) is 4.70. The van der Waals surface area contributed by atoms with Crippen LogP contribution in [0.3, 0.4) is 0 Å². The molecule has 0 aliphatic carbocycles. The van der Waals surface area contributed by atoms with Gasteiger partial charge >= 0.3 is 5.97 Å². The number of hydrogen-bond acceptors (Lipinski definition) is 3. The van der Waals surface area contributed by atoms with Gasteiger partial charge in [-0.15, -0.1) is 0 Å². The fourth-order valence-electron chi connectivity index (χ4n) is 2.15. The van der Waals surface area contributed by atoms with Crippen LogP contribution in [-0.4, -0.2) is 29.7 Å². The number of ether oxygens (including phenoxy) is 1. The lowest BCUT2D eigenvalue weighted by Gasteiger charge is -2.14. The predicted molar refractivity (Wildman–Crippen MR) is 75.2 cm³/mol. The van der Waals surface area contributed by atoms with Gasteiger partial charge < -0.3 is 15.2 Å². The molecule has 1 fully saturated rings. The van der Waals surface area contributed by atoms with E-state index in [9.17, 15) is 14.0 Å². The minimum Gasteiger partial charge on any atom is -0.478 e. The molecule has 112 valence electrons. The number of amides is 1. The summed E-state index contributed by atoms with van der Waals surface area (Å²) in [5, 5.41) is 11.1. The predicted octanol–water partition coefficient (Wildman–Crippen LogP) is 2.29. The van der Waals surface area contributed by atoms with E-state index >= 15 is 0 Å². The molecule has 0 radical (unpaired) electrons. The molecule has 5 nitrogen and oxygen atoms in total. The van der Waals surface area contributed by atoms with Crippen LogP contribution in [0.1, 0.15) is 18.9 Å². The summed E-state index contributed by atoms with van der Waals surface area (Å²) in [4.78, 5) is 22.4. The highest BCUT2D eigenvalue weighted by Gasteiger charge is 2.30. The molecule has 0 bridgehead atoms. The normalized spacial score (nSPS) is 21.6. The fraction of sp³-hybridized carbons (Fsp3) is 0.333. The van der Waals surface area contributed by atoms with Crippen molar-refractivity contribution < 1.29 is 23.8 Å². The van der Waals surface area contributed by atoms with Crippen molar-refractivity contribution >= 4 is 23.6 Å². The van der Waals surface area contributed by atoms with Crippen LogP contribution < -0.4 is 5.32 Å². The van der Waals surface area contributed by atoms with Gasteiger partial charge in [0.05, 0.1) is 0 Å². The molecule has 1 saturated heterocycles. The maximum Gasteiger partial charge on any atom is 0.328 e. The van der Waals surface area contributed by atoms with Crippen LogP contribution in [0, 0.1) is 11.7 Å². The van der Waals surface area contributed by atoms with Crippen LogP contribution in [0.5, 0.6) is 0 Å². The van der Waals surface area contributed by atoms with Gasteiger partial charge in [0.1, 0.15) is 11.9 Å². The molecule has 1 aliphatic heterocycles. The van der Waals surface area contributed by atoms with Crippen molar-refractivity contribution in [3.8, 4) is 0 Å². The summed E-state index contributed by atoms with van der Waals surface area (Å²) in [5.74, 6) is -1.93. The summed E-state index contributed by atoms with van der Waals surface area (Å²) >= 11 is 0. The Morgan fingerprint density at radius 3 is 2.81 bits per heavy atom. The van der Waals surface area contributed by atoms with Gasteiger partial charge in [0.25, 0.3) is 5.91 Å². The number of rotatable bonds is 4. The molecule has 6 heteroatoms. The average molecular weight is 293 g/mol. The first-order valence-electron chi connectivity index (χ1n) is 6.60. The lowest BCUT2D eigenvalue weighted by atomic mass is 10.0. The van der Waals surface area contributed by atoms with Crippen molar-refractivity contribution in [3.05, 3.63) is 35.7 Å². The smallest absolute Gasteiger partial charge is 0.328 e. The Labute approximate surface area is 121 Å². The number of benzene rings is 1. The van der Waals surface area contributed by atoms with Gasteiger partial charge in [-0.3, -0.25) is 4.79 Å². The summed E-state index contributed by atoms with van der Waals surface area (Å²) in [5.41, 5.74) is 0.452. The van der Waals surface area contributed by atoms with Crippen LogP contribution >= 0.6 is 0 Å². The third kappa shape index (κ3) is 3.88. The highest BCUT2D eigenvalue weighted by molar-refractivity contribution is 5.94. The molecule has 1 aromatic rings. The average Bonchev–Trinajstić information content (AvgIpc) is 2.84. The van der Waals surface area contributed by atoms with Crippen molar-refractivity contribution in [1.82, 2.24) is 0 Å². The molecule has 1 heterocycles. The second kappa shape index (κ2) is 6.49. The largest absolute Gasteiger partial charge is 0.478 e. The van der Waals surface area contributed by atoms with Gasteiger partial charge in [-0.1, -0.05) is 6.92 Å². The van der Waals surface area contributed by atoms with E-state index in [-0.39, 0.29) is 17.4 Å². The third-order valence-electron chi connectivity index (χ3n) is 3.32. The van der Waals surface area contributed by atoms with Crippen LogP contribution in [0.15, 0.2) is 24.3 Å². The van der Waals surface area contributed by atoms with E-state index in [0.717, 1.165) is 24.6 Å². The van der Waals surface area contributed by atoms with E-state index in [1.54, 1.807) is 0 Å². The van der Waals surface area contributed by atoms with Gasteiger partial charge in [-0.05, 0) is 36.6 Å². The second-order valence-corrected chi connectivity index (χ2v) is 4.95. The molecule has 2 rings (SSSR count). The van der Waals surface area contributed by atoms with E-state index in [0.29, 0.717) is 12.3 Å². The van der Waals surface area contributed by atoms with Gasteiger partial charge in [-0.2, -0.15) is 0 Å². The highest BCUT2D eigenvalue weighted by atomic mass is 19.1. The van der Waals surface area contributed by atoms with Crippen molar-refractivity contribution in [2.24, 2.45) is 5.92 Å². The molecular formula is C15H16FNO4. The SMILES string of the molecule is CC1CCOC1C(=O)Nc1ccc(/C=C/C(=O)O)c(F)c1. The molecule has 1 amide bonds. The zero-order chi connectivity index (χ0) is 15.4. The molecule has 21 heavy (non-hydrogen) atoms. The Balaban J connectivity index is 2.06. The molecule has 2 N–H and O–H groups in total. The van der Waals surface area contributed by atoms with Crippen molar-refractivity contribution in [1.29, 1.82) is 0 Å². The molecule has 0 spiro atoms. The monoisotopic (exact) mass is 293 g/mol. The molecule has 1 aliphatic rings. The van der Waals surface area contributed by atoms with Crippen molar-refractivity contribution in [3.63, 3.8) is 0 Å². The molecule has 2 unspecified atom stereocenters. The first-order valence-corrected chi connectivity index (χ1v) is 6.60. The van der Waals surface area contributed by atoms with Crippen molar-refractivity contribution in [2.75, 3.05) is 11.9 Å². The van der Waals surface area contributed by atoms with Crippen molar-refractivity contribution in [2.45, 2.75) is 19.4 Å². The highest BCUT2D eigenvalue weighted by Crippen LogP contribution is 2.22. The maximum atomic E-state index is 13.8. The van der Waals surface area contributed by atoms with Crippen LogP contribution in [-0.2, 0) is 14.3 Å². The number of nitrogens with one attached hydrogen (secondary N) is 1. The third-order valence-corrected chi connectivity index (χ3v) is 3.32. The number of carbonyl (C=O) groups excluding carboxylic acids is 1. The standard InChI is InChI=1S/C15H16FNO4/c1-9-6-7-21-14(9)15(20)17-11-4-2-10(12(16)8-11)3-5-13(18)19/h2-5,8-9,14H,6-7H2,1H3,(H,17,20)(H,18,19)/b5-3+. The summed E-state index contributed by atoms with van der Waals surface area (Å²) in [6.07, 6.45) is 2.32. The molecular weight excluding hydrogens is 277 g/mol. The molecule has 0 aromatic heterocycles. The molecule has 1 aromatic carbocycles. The summed E-state index contributed by atoms with van der Waals surface area (Å²) in [7, 11) is 0. The van der Waals surface area contributed by atoms with Gasteiger partial charge in [0.15, 0.2) is 0 Å². The quantitative estimate of drug-likeness (QED) is 0.835. The van der Waals surface area contributed by atoms with Crippen LogP contribution in [0.4, 0.5) is 10.1 Å². The first kappa shape index (κ1) is 15.2. The summed E-state index contributed by atoms with van der Waals surface area (Å²) < 4.78 is 19.1. The minimum absolute atomic E-state index is 0.132. The van der Waals surface area contributed by atoms with E-state index in [2.05, 4.69) is 5.32 Å². The molecule has 0 saturated carbocycles. The number of anilines is 1. The van der Waals surface area contributed by atoms with E-state index in [4.69, 9.17) is 9.84 Å². The minimum atomic E-state index is -1.15. The van der Waals surface area contributed by atoms with Crippen LogP contribution in [0.25, 0.3) is 6.08 Å². The summed E-state index contributed by atoms with van der Waals surface area (Å²) in [6.45, 7) is 2.48. The Hall–Kier alpha value is -2.21. The molecule has 2 atom stereocenters. The zero-order valence-electron chi connectivity index (χ0n) is 11.5. The van der Waals surface area contributed by atoms with E-state index in [1.807, 2.05) is 6.92 Å². The Morgan fingerprint density at radius 1 is 1.48 bits per heavy atom. The maximum absolute atomic E-state index is 13.8. The fourth-order valence-corrected chi connectivity index (χ4v) is 2.15. The van der Waals surface area contributed by atoms with E-state index < -0.39 is 17.9 Å². The number of carbonyl (C=O) groups is 2. The summed E-state index contributed by atoms with van der Waals surface area (Å²) in [6, 6.07) is 4.07. The topological polar surface area (TPSA) is 75.6 Å². The Bertz CT molecular complexity index is 585. The lowest BCUT2D eigenvalue weighted by Crippen LogP contribution is -2.31. The van der Waals surface area contributed by atoms with Gasteiger partial charge in [0, 0.05) is 23.9 Å². The lowest BCUT2D eigenvalue weighted by molar-refractivity contribution is -0.131. The Morgan fingerprint density at radius 2 is 2.24 bits per heavy atom. The van der Waals surface area contributed by atoms with E-state index in [1.165, 1.54) is 12.1 Å². The second-order valence-electron chi connectivity index (χ2n) is 4.95.